The van der Waals surface area contributed by atoms with Crippen molar-refractivity contribution in [2.75, 3.05) is 21.3 Å². The van der Waals surface area contributed by atoms with Gasteiger partial charge < -0.3 is 23.9 Å². The Kier molecular flexibility index (Phi) is 7.11. The van der Waals surface area contributed by atoms with Gasteiger partial charge in [-0.1, -0.05) is 29.8 Å². The molecule has 1 heterocycles. The maximum Gasteiger partial charge on any atom is 0.244 e. The predicted molar refractivity (Wildman–Crippen MR) is 138 cm³/mol. The molecule has 0 atom stereocenters. The van der Waals surface area contributed by atoms with Crippen molar-refractivity contribution in [2.24, 2.45) is 0 Å². The maximum atomic E-state index is 12.6. The topological polar surface area (TPSA) is 69.9 Å². The van der Waals surface area contributed by atoms with Gasteiger partial charge in [0.1, 0.15) is 22.8 Å². The highest BCUT2D eigenvalue weighted by Crippen LogP contribution is 2.41. The molecular weight excluding hydrogens is 442 g/mol. The molecular formula is C29H29NO5. The summed E-state index contributed by atoms with van der Waals surface area (Å²) >= 11 is 0. The molecule has 0 saturated carbocycles. The lowest BCUT2D eigenvalue weighted by Crippen LogP contribution is -2.20. The molecule has 6 heteroatoms. The molecule has 35 heavy (non-hydrogen) atoms. The first-order chi connectivity index (χ1) is 16.9. The van der Waals surface area contributed by atoms with Gasteiger partial charge in [-0.3, -0.25) is 4.79 Å². The van der Waals surface area contributed by atoms with Crippen LogP contribution in [-0.4, -0.2) is 27.2 Å². The van der Waals surface area contributed by atoms with Crippen molar-refractivity contribution in [3.63, 3.8) is 0 Å². The molecule has 1 aromatic heterocycles. The summed E-state index contributed by atoms with van der Waals surface area (Å²) in [7, 11) is 4.86. The number of ether oxygens (including phenoxy) is 3. The van der Waals surface area contributed by atoms with Gasteiger partial charge in [0.15, 0.2) is 0 Å². The second-order valence-electron chi connectivity index (χ2n) is 8.29. The standard InChI is InChI=1S/C29H29NO5/c1-18-6-8-20(9-7-18)16-30-29(31)12-19(2)22-14-24-25(17-35-28(24)15-27(22)34-5)23-13-21(32-3)10-11-26(23)33-4/h6-15,17H,16H2,1-5H3,(H,30,31)/b19-12+. The zero-order valence-corrected chi connectivity index (χ0v) is 20.6. The molecule has 0 aliphatic carbocycles. The van der Waals surface area contributed by atoms with Crippen LogP contribution in [0.4, 0.5) is 0 Å². The summed E-state index contributed by atoms with van der Waals surface area (Å²) in [5.41, 5.74) is 6.18. The van der Waals surface area contributed by atoms with Gasteiger partial charge in [0.05, 0.1) is 27.6 Å². The van der Waals surface area contributed by atoms with Crippen LogP contribution >= 0.6 is 0 Å². The Morgan fingerprint density at radius 2 is 1.66 bits per heavy atom. The number of carbonyl (C=O) groups is 1. The first-order valence-corrected chi connectivity index (χ1v) is 11.3. The summed E-state index contributed by atoms with van der Waals surface area (Å²) < 4.78 is 22.5. The zero-order chi connectivity index (χ0) is 24.9. The Bertz CT molecular complexity index is 1380. The fourth-order valence-corrected chi connectivity index (χ4v) is 3.99. The number of allylic oxidation sites excluding steroid dienone is 1. The first-order valence-electron chi connectivity index (χ1n) is 11.3. The second kappa shape index (κ2) is 10.4. The van der Waals surface area contributed by atoms with Crippen molar-refractivity contribution in [1.29, 1.82) is 0 Å². The van der Waals surface area contributed by atoms with Crippen molar-refractivity contribution in [1.82, 2.24) is 5.32 Å². The molecule has 6 nitrogen and oxygen atoms in total. The molecule has 0 radical (unpaired) electrons. The van der Waals surface area contributed by atoms with Gasteiger partial charge in [0, 0.05) is 40.8 Å². The van der Waals surface area contributed by atoms with Crippen LogP contribution < -0.4 is 19.5 Å². The highest BCUT2D eigenvalue weighted by Gasteiger charge is 2.18. The number of fused-ring (bicyclic) bond motifs is 1. The largest absolute Gasteiger partial charge is 0.497 e. The Balaban J connectivity index is 1.68. The summed E-state index contributed by atoms with van der Waals surface area (Å²) in [5, 5.41) is 3.82. The van der Waals surface area contributed by atoms with E-state index in [0.29, 0.717) is 29.4 Å². The molecule has 0 fully saturated rings. The molecule has 0 unspecified atom stereocenters. The number of hydrogen-bond acceptors (Lipinski definition) is 5. The van der Waals surface area contributed by atoms with Crippen LogP contribution in [0, 0.1) is 6.92 Å². The fourth-order valence-electron chi connectivity index (χ4n) is 3.99. The summed E-state index contributed by atoms with van der Waals surface area (Å²) in [6, 6.07) is 17.5. The maximum absolute atomic E-state index is 12.6. The normalized spacial score (nSPS) is 11.4. The number of nitrogens with one attached hydrogen (secondary N) is 1. The van der Waals surface area contributed by atoms with Crippen LogP contribution in [-0.2, 0) is 11.3 Å². The zero-order valence-electron chi connectivity index (χ0n) is 20.6. The van der Waals surface area contributed by atoms with Gasteiger partial charge >= 0.3 is 0 Å². The molecule has 4 aromatic rings. The highest BCUT2D eigenvalue weighted by atomic mass is 16.5. The molecule has 0 spiro atoms. The van der Waals surface area contributed by atoms with Crippen LogP contribution in [0.3, 0.4) is 0 Å². The van der Waals surface area contributed by atoms with Crippen LogP contribution in [0.15, 0.2) is 71.4 Å². The van der Waals surface area contributed by atoms with E-state index in [9.17, 15) is 4.79 Å². The Morgan fingerprint density at radius 3 is 2.34 bits per heavy atom. The van der Waals surface area contributed by atoms with E-state index in [1.807, 2.05) is 68.4 Å². The van der Waals surface area contributed by atoms with E-state index in [4.69, 9.17) is 18.6 Å². The van der Waals surface area contributed by atoms with E-state index in [1.54, 1.807) is 33.7 Å². The minimum absolute atomic E-state index is 0.174. The summed E-state index contributed by atoms with van der Waals surface area (Å²) in [4.78, 5) is 12.6. The molecule has 1 N–H and O–H groups in total. The van der Waals surface area contributed by atoms with E-state index < -0.39 is 0 Å². The summed E-state index contributed by atoms with van der Waals surface area (Å²) in [6.07, 6.45) is 3.28. The third-order valence-electron chi connectivity index (χ3n) is 5.95. The Morgan fingerprint density at radius 1 is 0.914 bits per heavy atom. The minimum Gasteiger partial charge on any atom is -0.497 e. The third-order valence-corrected chi connectivity index (χ3v) is 5.95. The van der Waals surface area contributed by atoms with Gasteiger partial charge in [0.2, 0.25) is 5.91 Å². The van der Waals surface area contributed by atoms with Crippen molar-refractivity contribution in [3.8, 4) is 28.4 Å². The van der Waals surface area contributed by atoms with E-state index in [0.717, 1.165) is 33.2 Å². The van der Waals surface area contributed by atoms with E-state index in [1.165, 1.54) is 5.56 Å². The molecule has 0 aliphatic rings. The molecule has 3 aromatic carbocycles. The fraction of sp³-hybridized carbons (Fsp3) is 0.207. The Labute approximate surface area is 205 Å². The number of benzene rings is 3. The summed E-state index contributed by atoms with van der Waals surface area (Å²) in [5.74, 6) is 1.86. The highest BCUT2D eigenvalue weighted by molar-refractivity contribution is 6.01. The lowest BCUT2D eigenvalue weighted by Gasteiger charge is -2.12. The quantitative estimate of drug-likeness (QED) is 0.312. The molecule has 1 amide bonds. The van der Waals surface area contributed by atoms with Gasteiger partial charge in [-0.25, -0.2) is 0 Å². The average Bonchev–Trinajstić information content (AvgIpc) is 3.29. The smallest absolute Gasteiger partial charge is 0.244 e. The van der Waals surface area contributed by atoms with Crippen LogP contribution in [0.25, 0.3) is 27.7 Å². The molecule has 0 aliphatic heterocycles. The molecule has 0 saturated heterocycles. The Hall–Kier alpha value is -4.19. The minimum atomic E-state index is -0.174. The van der Waals surface area contributed by atoms with E-state index in [2.05, 4.69) is 5.32 Å². The molecule has 0 bridgehead atoms. The van der Waals surface area contributed by atoms with Crippen LogP contribution in [0.1, 0.15) is 23.6 Å². The van der Waals surface area contributed by atoms with Crippen LogP contribution in [0.2, 0.25) is 0 Å². The van der Waals surface area contributed by atoms with Crippen molar-refractivity contribution < 1.29 is 23.4 Å². The average molecular weight is 472 g/mol. The molecule has 180 valence electrons. The SMILES string of the molecule is COc1ccc(OC)c(-c2coc3cc(OC)c(/C(C)=C/C(=O)NCc4ccc(C)cc4)cc23)c1. The lowest BCUT2D eigenvalue weighted by atomic mass is 9.98. The number of rotatable bonds is 8. The predicted octanol–water partition coefficient (Wildman–Crippen LogP) is 6.15. The number of methoxy groups -OCH3 is 3. The van der Waals surface area contributed by atoms with Crippen molar-refractivity contribution in [2.45, 2.75) is 20.4 Å². The summed E-state index contributed by atoms with van der Waals surface area (Å²) in [6.45, 7) is 4.38. The van der Waals surface area contributed by atoms with Gasteiger partial charge in [-0.15, -0.1) is 0 Å². The lowest BCUT2D eigenvalue weighted by molar-refractivity contribution is -0.116. The number of aryl methyl sites for hydroxylation is 1. The first kappa shape index (κ1) is 24.0. The number of furan rings is 1. The van der Waals surface area contributed by atoms with Crippen molar-refractivity contribution >= 4 is 22.4 Å². The monoisotopic (exact) mass is 471 g/mol. The number of amides is 1. The second-order valence-corrected chi connectivity index (χ2v) is 8.29. The van der Waals surface area contributed by atoms with Gasteiger partial charge in [-0.05, 0) is 49.2 Å². The van der Waals surface area contributed by atoms with Gasteiger partial charge in [0.25, 0.3) is 0 Å². The van der Waals surface area contributed by atoms with Crippen LogP contribution in [0.5, 0.6) is 17.2 Å². The van der Waals surface area contributed by atoms with E-state index in [-0.39, 0.29) is 5.91 Å². The number of carbonyl (C=O) groups excluding carboxylic acids is 1. The number of hydrogen-bond donors (Lipinski definition) is 1. The van der Waals surface area contributed by atoms with Crippen molar-refractivity contribution in [3.05, 3.63) is 83.6 Å². The van der Waals surface area contributed by atoms with Gasteiger partial charge in [-0.2, -0.15) is 0 Å². The third kappa shape index (κ3) is 5.17. The van der Waals surface area contributed by atoms with E-state index >= 15 is 0 Å². The molecule has 4 rings (SSSR count).